The lowest BCUT2D eigenvalue weighted by Gasteiger charge is -2.14. The van der Waals surface area contributed by atoms with Crippen LogP contribution in [0.4, 0.5) is 0 Å². The number of methoxy groups -OCH3 is 1. The number of nitrogens with one attached hydrogen (secondary N) is 1. The van der Waals surface area contributed by atoms with E-state index >= 15 is 0 Å². The Labute approximate surface area is 158 Å². The Morgan fingerprint density at radius 2 is 2.00 bits per heavy atom. The van der Waals surface area contributed by atoms with Crippen molar-refractivity contribution in [2.24, 2.45) is 0 Å². The van der Waals surface area contributed by atoms with Gasteiger partial charge in [0.25, 0.3) is 5.91 Å². The summed E-state index contributed by atoms with van der Waals surface area (Å²) in [5, 5.41) is 4.79. The minimum Gasteiger partial charge on any atom is -0.497 e. The molecule has 1 N–H and O–H groups in total. The molecule has 1 fully saturated rings. The molecule has 1 saturated heterocycles. The number of fused-ring (bicyclic) bond motifs is 1. The van der Waals surface area contributed by atoms with E-state index in [4.69, 9.17) is 14.2 Å². The first-order valence-corrected chi connectivity index (χ1v) is 9.19. The second kappa shape index (κ2) is 8.86. The van der Waals surface area contributed by atoms with Crippen LogP contribution in [0.5, 0.6) is 5.75 Å². The van der Waals surface area contributed by atoms with Gasteiger partial charge in [0.1, 0.15) is 5.75 Å². The van der Waals surface area contributed by atoms with Crippen LogP contribution in [0.1, 0.15) is 31.2 Å². The van der Waals surface area contributed by atoms with E-state index in [1.54, 1.807) is 14.0 Å². The van der Waals surface area contributed by atoms with Gasteiger partial charge in [-0.25, -0.2) is 0 Å². The summed E-state index contributed by atoms with van der Waals surface area (Å²) in [6.07, 6.45) is 2.04. The van der Waals surface area contributed by atoms with E-state index in [1.807, 2.05) is 36.4 Å². The highest BCUT2D eigenvalue weighted by Gasteiger charge is 2.20. The lowest BCUT2D eigenvalue weighted by atomic mass is 9.98. The maximum atomic E-state index is 12.3. The van der Waals surface area contributed by atoms with Crippen LogP contribution in [-0.4, -0.2) is 44.8 Å². The molecule has 0 bridgehead atoms. The van der Waals surface area contributed by atoms with E-state index in [0.717, 1.165) is 41.5 Å². The van der Waals surface area contributed by atoms with Gasteiger partial charge in [0.05, 0.1) is 19.1 Å². The molecule has 1 aliphatic heterocycles. The van der Waals surface area contributed by atoms with Gasteiger partial charge in [-0.15, -0.1) is 0 Å². The standard InChI is InChI=1S/C21H25NO5/c1-14(15-5-6-17-11-18(25-2)8-7-16(17)10-15)21(24)27-13-20(23)22-12-19-4-3-9-26-19/h5-8,10-11,14,19H,3-4,9,12-13H2,1-2H3,(H,22,23)/t14-,19-/m0/s1. The van der Waals surface area contributed by atoms with Crippen molar-refractivity contribution in [3.05, 3.63) is 42.0 Å². The fraction of sp³-hybridized carbons (Fsp3) is 0.429. The molecule has 2 aromatic rings. The molecule has 1 amide bonds. The van der Waals surface area contributed by atoms with Crippen LogP contribution in [-0.2, 0) is 19.1 Å². The van der Waals surface area contributed by atoms with Gasteiger partial charge in [-0.05, 0) is 48.2 Å². The van der Waals surface area contributed by atoms with Crippen molar-refractivity contribution in [2.45, 2.75) is 31.8 Å². The maximum Gasteiger partial charge on any atom is 0.313 e. The maximum absolute atomic E-state index is 12.3. The quantitative estimate of drug-likeness (QED) is 0.758. The van der Waals surface area contributed by atoms with Crippen LogP contribution < -0.4 is 10.1 Å². The van der Waals surface area contributed by atoms with E-state index in [1.165, 1.54) is 0 Å². The predicted octanol–water partition coefficient (Wildman–Crippen LogP) is 2.79. The van der Waals surface area contributed by atoms with Crippen molar-refractivity contribution in [1.82, 2.24) is 5.32 Å². The highest BCUT2D eigenvalue weighted by atomic mass is 16.5. The Kier molecular flexibility index (Phi) is 6.29. The second-order valence-corrected chi connectivity index (χ2v) is 6.74. The van der Waals surface area contributed by atoms with E-state index in [0.29, 0.717) is 6.54 Å². The van der Waals surface area contributed by atoms with Crippen molar-refractivity contribution in [2.75, 3.05) is 26.9 Å². The average Bonchev–Trinajstić information content (AvgIpc) is 3.22. The summed E-state index contributed by atoms with van der Waals surface area (Å²) in [5.41, 5.74) is 0.845. The summed E-state index contributed by atoms with van der Waals surface area (Å²) in [5.74, 6) is -0.397. The van der Waals surface area contributed by atoms with E-state index < -0.39 is 11.9 Å². The number of carbonyl (C=O) groups is 2. The molecule has 0 spiro atoms. The van der Waals surface area contributed by atoms with Crippen LogP contribution in [0, 0.1) is 0 Å². The third-order valence-electron chi connectivity index (χ3n) is 4.82. The number of carbonyl (C=O) groups excluding carboxylic acids is 2. The summed E-state index contributed by atoms with van der Waals surface area (Å²) in [7, 11) is 1.63. The molecule has 2 aromatic carbocycles. The highest BCUT2D eigenvalue weighted by molar-refractivity contribution is 5.87. The van der Waals surface area contributed by atoms with Gasteiger partial charge in [-0.2, -0.15) is 0 Å². The molecule has 1 heterocycles. The molecule has 1 aliphatic rings. The van der Waals surface area contributed by atoms with Gasteiger partial charge in [0.15, 0.2) is 6.61 Å². The molecule has 2 atom stereocenters. The number of hydrogen-bond acceptors (Lipinski definition) is 5. The lowest BCUT2D eigenvalue weighted by Crippen LogP contribution is -2.35. The Morgan fingerprint density at radius 3 is 2.74 bits per heavy atom. The third-order valence-corrected chi connectivity index (χ3v) is 4.82. The molecule has 0 saturated carbocycles. The normalized spacial score (nSPS) is 17.5. The summed E-state index contributed by atoms with van der Waals surface area (Å²) >= 11 is 0. The Balaban J connectivity index is 1.53. The summed E-state index contributed by atoms with van der Waals surface area (Å²) in [4.78, 5) is 24.1. The molecule has 144 valence electrons. The predicted molar refractivity (Wildman–Crippen MR) is 102 cm³/mol. The van der Waals surface area contributed by atoms with Gasteiger partial charge in [0.2, 0.25) is 0 Å². The number of hydrogen-bond donors (Lipinski definition) is 1. The zero-order valence-electron chi connectivity index (χ0n) is 15.7. The fourth-order valence-electron chi connectivity index (χ4n) is 3.12. The Bertz CT molecular complexity index is 813. The average molecular weight is 371 g/mol. The zero-order valence-corrected chi connectivity index (χ0v) is 15.7. The van der Waals surface area contributed by atoms with Crippen molar-refractivity contribution >= 4 is 22.6 Å². The van der Waals surface area contributed by atoms with Crippen molar-refractivity contribution in [3.63, 3.8) is 0 Å². The van der Waals surface area contributed by atoms with Crippen molar-refractivity contribution < 1.29 is 23.8 Å². The molecular weight excluding hydrogens is 346 g/mol. The van der Waals surface area contributed by atoms with E-state index in [2.05, 4.69) is 5.32 Å². The van der Waals surface area contributed by atoms with Crippen molar-refractivity contribution in [1.29, 1.82) is 0 Å². The fourth-order valence-corrected chi connectivity index (χ4v) is 3.12. The van der Waals surface area contributed by atoms with Crippen molar-refractivity contribution in [3.8, 4) is 5.75 Å². The minimum absolute atomic E-state index is 0.0693. The number of esters is 1. The molecule has 0 aromatic heterocycles. The molecule has 0 unspecified atom stereocenters. The molecule has 0 radical (unpaired) electrons. The van der Waals surface area contributed by atoms with Crippen LogP contribution in [0.25, 0.3) is 10.8 Å². The molecule has 27 heavy (non-hydrogen) atoms. The highest BCUT2D eigenvalue weighted by Crippen LogP contribution is 2.25. The molecule has 6 heteroatoms. The van der Waals surface area contributed by atoms with Crippen LogP contribution in [0.3, 0.4) is 0 Å². The first kappa shape index (κ1) is 19.2. The second-order valence-electron chi connectivity index (χ2n) is 6.74. The number of rotatable bonds is 7. The largest absolute Gasteiger partial charge is 0.497 e. The monoisotopic (exact) mass is 371 g/mol. The molecular formula is C21H25NO5. The van der Waals surface area contributed by atoms with Gasteiger partial charge in [0, 0.05) is 13.2 Å². The first-order chi connectivity index (χ1) is 13.1. The summed E-state index contributed by atoms with van der Waals surface area (Å²) in [6, 6.07) is 11.6. The molecule has 3 rings (SSSR count). The Hall–Kier alpha value is -2.60. The van der Waals surface area contributed by atoms with Crippen LogP contribution in [0.15, 0.2) is 36.4 Å². The van der Waals surface area contributed by atoms with Gasteiger partial charge >= 0.3 is 5.97 Å². The number of ether oxygens (including phenoxy) is 3. The SMILES string of the molecule is COc1ccc2cc([C@H](C)C(=O)OCC(=O)NC[C@@H]3CCCO3)ccc2c1. The van der Waals surface area contributed by atoms with E-state index in [9.17, 15) is 9.59 Å². The summed E-state index contributed by atoms with van der Waals surface area (Å²) < 4.78 is 15.8. The molecule has 6 nitrogen and oxygen atoms in total. The minimum atomic E-state index is -0.456. The van der Waals surface area contributed by atoms with Gasteiger partial charge in [-0.3, -0.25) is 9.59 Å². The number of amides is 1. The number of benzene rings is 2. The van der Waals surface area contributed by atoms with Crippen LogP contribution in [0.2, 0.25) is 0 Å². The Morgan fingerprint density at radius 1 is 1.22 bits per heavy atom. The third kappa shape index (κ3) is 4.98. The van der Waals surface area contributed by atoms with E-state index in [-0.39, 0.29) is 18.6 Å². The first-order valence-electron chi connectivity index (χ1n) is 9.19. The molecule has 0 aliphatic carbocycles. The topological polar surface area (TPSA) is 73.9 Å². The van der Waals surface area contributed by atoms with Gasteiger partial charge in [-0.1, -0.05) is 24.3 Å². The smallest absolute Gasteiger partial charge is 0.313 e. The summed E-state index contributed by atoms with van der Waals surface area (Å²) in [6.45, 7) is 2.70. The van der Waals surface area contributed by atoms with Crippen LogP contribution >= 0.6 is 0 Å². The van der Waals surface area contributed by atoms with Gasteiger partial charge < -0.3 is 19.5 Å². The lowest BCUT2D eigenvalue weighted by molar-refractivity contribution is -0.149. The zero-order chi connectivity index (χ0) is 19.2.